The van der Waals surface area contributed by atoms with E-state index in [2.05, 4.69) is 77.0 Å². The maximum Gasteiger partial charge on any atom is 0.136 e. The largest absolute Gasteiger partial charge is 0.484 e. The van der Waals surface area contributed by atoms with E-state index in [0.29, 0.717) is 6.04 Å². The van der Waals surface area contributed by atoms with Crippen molar-refractivity contribution in [1.82, 2.24) is 14.4 Å². The smallest absolute Gasteiger partial charge is 0.136 e. The zero-order chi connectivity index (χ0) is 18.0. The molecule has 1 atom stereocenters. The number of fused-ring (bicyclic) bond motifs is 1. The van der Waals surface area contributed by atoms with Crippen LogP contribution in [0.3, 0.4) is 0 Å². The molecule has 3 heterocycles. The van der Waals surface area contributed by atoms with E-state index in [-0.39, 0.29) is 5.60 Å². The summed E-state index contributed by atoms with van der Waals surface area (Å²) < 4.78 is 8.97. The third kappa shape index (κ3) is 3.17. The monoisotopic (exact) mass is 353 g/mol. The molecule has 1 unspecified atom stereocenters. The molecule has 4 heteroatoms. The van der Waals surface area contributed by atoms with E-state index in [4.69, 9.17) is 4.74 Å². The maximum absolute atomic E-state index is 6.63. The minimum Gasteiger partial charge on any atom is -0.484 e. The van der Waals surface area contributed by atoms with Gasteiger partial charge in [0.15, 0.2) is 0 Å². The first-order valence-corrected chi connectivity index (χ1v) is 10.1. The molecular formula is C22H31N3O. The van der Waals surface area contributed by atoms with Crippen LogP contribution < -0.4 is 4.74 Å². The Balaban J connectivity index is 1.49. The van der Waals surface area contributed by atoms with Crippen LogP contribution in [0.2, 0.25) is 0 Å². The summed E-state index contributed by atoms with van der Waals surface area (Å²) in [6.45, 7) is 11.4. The Morgan fingerprint density at radius 3 is 2.42 bits per heavy atom. The summed E-state index contributed by atoms with van der Waals surface area (Å²) in [5.74, 6) is 1.07. The van der Waals surface area contributed by atoms with E-state index in [0.717, 1.165) is 44.8 Å². The standard InChI is InChI=1S/C22H31N3O/c1-3-23(4-2)17-18-24-15-11-22(12-16-24)21(25-13-7-8-14-25)19-9-5-6-10-20(19)26-22/h5-10,13-14,21H,3-4,11-12,15-18H2,1-2H3. The quantitative estimate of drug-likeness (QED) is 0.791. The summed E-state index contributed by atoms with van der Waals surface area (Å²) >= 11 is 0. The lowest BCUT2D eigenvalue weighted by molar-refractivity contribution is -0.00852. The van der Waals surface area contributed by atoms with Gasteiger partial charge in [0.1, 0.15) is 17.4 Å². The fourth-order valence-electron chi connectivity index (χ4n) is 4.66. The van der Waals surface area contributed by atoms with Crippen molar-refractivity contribution in [2.75, 3.05) is 39.3 Å². The predicted octanol–water partition coefficient (Wildman–Crippen LogP) is 3.65. The second-order valence-electron chi connectivity index (χ2n) is 7.61. The molecule has 140 valence electrons. The molecule has 2 aromatic rings. The summed E-state index contributed by atoms with van der Waals surface area (Å²) in [5.41, 5.74) is 1.23. The van der Waals surface area contributed by atoms with E-state index in [1.54, 1.807) is 0 Å². The van der Waals surface area contributed by atoms with Gasteiger partial charge in [-0.25, -0.2) is 0 Å². The molecule has 1 spiro atoms. The van der Waals surface area contributed by atoms with Gasteiger partial charge in [-0.1, -0.05) is 32.0 Å². The first-order chi connectivity index (χ1) is 12.8. The van der Waals surface area contributed by atoms with Crippen molar-refractivity contribution in [2.45, 2.75) is 38.3 Å². The number of likely N-dealkylation sites (N-methyl/N-ethyl adjacent to an activating group) is 1. The molecule has 4 rings (SSSR count). The average Bonchev–Trinajstić information content (AvgIpc) is 3.29. The molecule has 0 amide bonds. The average molecular weight is 354 g/mol. The van der Waals surface area contributed by atoms with Crippen molar-refractivity contribution in [1.29, 1.82) is 0 Å². The summed E-state index contributed by atoms with van der Waals surface area (Å²) in [4.78, 5) is 5.12. The molecule has 0 saturated carbocycles. The Morgan fingerprint density at radius 2 is 1.73 bits per heavy atom. The van der Waals surface area contributed by atoms with Gasteiger partial charge in [0.05, 0.1) is 0 Å². The minimum atomic E-state index is -0.103. The van der Waals surface area contributed by atoms with E-state index in [1.807, 2.05) is 0 Å². The Labute approximate surface area is 157 Å². The van der Waals surface area contributed by atoms with E-state index in [1.165, 1.54) is 18.7 Å². The molecule has 1 fully saturated rings. The molecular weight excluding hydrogens is 322 g/mol. The van der Waals surface area contributed by atoms with Crippen LogP contribution in [0.15, 0.2) is 48.8 Å². The second kappa shape index (κ2) is 7.45. The Morgan fingerprint density at radius 1 is 1.04 bits per heavy atom. The summed E-state index contributed by atoms with van der Waals surface area (Å²) in [6, 6.07) is 13.1. The number of para-hydroxylation sites is 1. The number of piperidine rings is 1. The highest BCUT2D eigenvalue weighted by atomic mass is 16.5. The van der Waals surface area contributed by atoms with Crippen LogP contribution >= 0.6 is 0 Å². The van der Waals surface area contributed by atoms with Crippen LogP contribution in [0.5, 0.6) is 5.75 Å². The third-order valence-corrected chi connectivity index (χ3v) is 6.28. The van der Waals surface area contributed by atoms with Crippen molar-refractivity contribution in [3.05, 3.63) is 54.4 Å². The molecule has 0 radical (unpaired) electrons. The molecule has 0 N–H and O–H groups in total. The molecule has 0 aliphatic carbocycles. The lowest BCUT2D eigenvalue weighted by Gasteiger charge is -2.42. The van der Waals surface area contributed by atoms with Crippen molar-refractivity contribution < 1.29 is 4.74 Å². The van der Waals surface area contributed by atoms with Gasteiger partial charge in [-0.05, 0) is 31.3 Å². The number of ether oxygens (including phenoxy) is 1. The minimum absolute atomic E-state index is 0.103. The van der Waals surface area contributed by atoms with Crippen LogP contribution in [-0.2, 0) is 0 Å². The molecule has 1 saturated heterocycles. The Hall–Kier alpha value is -1.78. The number of likely N-dealkylation sites (tertiary alicyclic amines) is 1. The van der Waals surface area contributed by atoms with Crippen molar-refractivity contribution in [3.8, 4) is 5.75 Å². The lowest BCUT2D eigenvalue weighted by atomic mass is 9.82. The topological polar surface area (TPSA) is 20.6 Å². The van der Waals surface area contributed by atoms with Gasteiger partial charge in [0.2, 0.25) is 0 Å². The highest BCUT2D eigenvalue weighted by molar-refractivity contribution is 5.43. The van der Waals surface area contributed by atoms with Gasteiger partial charge in [0, 0.05) is 57.0 Å². The molecule has 2 aliphatic heterocycles. The number of rotatable bonds is 6. The molecule has 1 aromatic heterocycles. The van der Waals surface area contributed by atoms with Crippen LogP contribution in [0.25, 0.3) is 0 Å². The molecule has 0 bridgehead atoms. The van der Waals surface area contributed by atoms with E-state index in [9.17, 15) is 0 Å². The molecule has 1 aromatic carbocycles. The fraction of sp³-hybridized carbons (Fsp3) is 0.545. The lowest BCUT2D eigenvalue weighted by Crippen LogP contribution is -2.51. The fourth-order valence-corrected chi connectivity index (χ4v) is 4.66. The predicted molar refractivity (Wildman–Crippen MR) is 106 cm³/mol. The zero-order valence-corrected chi connectivity index (χ0v) is 16.1. The molecule has 4 nitrogen and oxygen atoms in total. The van der Waals surface area contributed by atoms with Gasteiger partial charge < -0.3 is 19.1 Å². The normalized spacial score (nSPS) is 21.9. The maximum atomic E-state index is 6.63. The third-order valence-electron chi connectivity index (χ3n) is 6.28. The van der Waals surface area contributed by atoms with Gasteiger partial charge in [0.25, 0.3) is 0 Å². The Bertz CT molecular complexity index is 700. The Kier molecular flexibility index (Phi) is 5.05. The van der Waals surface area contributed by atoms with Crippen LogP contribution in [0.1, 0.15) is 38.3 Å². The number of aromatic nitrogens is 1. The van der Waals surface area contributed by atoms with Crippen LogP contribution in [-0.4, -0.2) is 59.2 Å². The van der Waals surface area contributed by atoms with Crippen molar-refractivity contribution in [3.63, 3.8) is 0 Å². The van der Waals surface area contributed by atoms with Crippen molar-refractivity contribution in [2.24, 2.45) is 0 Å². The summed E-state index contributed by atoms with van der Waals surface area (Å²) in [7, 11) is 0. The summed E-state index contributed by atoms with van der Waals surface area (Å²) in [5, 5.41) is 0. The summed E-state index contributed by atoms with van der Waals surface area (Å²) in [6.07, 6.45) is 6.54. The number of nitrogens with zero attached hydrogens (tertiary/aromatic N) is 3. The van der Waals surface area contributed by atoms with Gasteiger partial charge >= 0.3 is 0 Å². The highest BCUT2D eigenvalue weighted by Crippen LogP contribution is 2.50. The number of hydrogen-bond acceptors (Lipinski definition) is 3. The second-order valence-corrected chi connectivity index (χ2v) is 7.61. The SMILES string of the molecule is CCN(CC)CCN1CCC2(CC1)Oc1ccccc1C2n1cccc1. The number of benzene rings is 1. The number of hydrogen-bond donors (Lipinski definition) is 0. The molecule has 26 heavy (non-hydrogen) atoms. The highest BCUT2D eigenvalue weighted by Gasteiger charge is 2.50. The first kappa shape index (κ1) is 17.6. The van der Waals surface area contributed by atoms with Crippen molar-refractivity contribution >= 4 is 0 Å². The van der Waals surface area contributed by atoms with Crippen LogP contribution in [0, 0.1) is 0 Å². The van der Waals surface area contributed by atoms with Gasteiger partial charge in [-0.3, -0.25) is 0 Å². The first-order valence-electron chi connectivity index (χ1n) is 10.1. The zero-order valence-electron chi connectivity index (χ0n) is 16.1. The van der Waals surface area contributed by atoms with E-state index >= 15 is 0 Å². The van der Waals surface area contributed by atoms with Gasteiger partial charge in [-0.2, -0.15) is 0 Å². The molecule has 2 aliphatic rings. The van der Waals surface area contributed by atoms with Gasteiger partial charge in [-0.15, -0.1) is 0 Å². The van der Waals surface area contributed by atoms with Crippen LogP contribution in [0.4, 0.5) is 0 Å². The van der Waals surface area contributed by atoms with E-state index < -0.39 is 0 Å².